The van der Waals surface area contributed by atoms with E-state index in [1.165, 1.54) is 19.3 Å². The molecule has 7 heteroatoms. The number of carboxylic acid groups (broad SMARTS) is 1. The van der Waals surface area contributed by atoms with Crippen LogP contribution in [0.3, 0.4) is 0 Å². The van der Waals surface area contributed by atoms with Gasteiger partial charge in [-0.3, -0.25) is 9.20 Å². The highest BCUT2D eigenvalue weighted by Gasteiger charge is 2.26. The first-order chi connectivity index (χ1) is 16.4. The van der Waals surface area contributed by atoms with Gasteiger partial charge in [-0.05, 0) is 43.9 Å². The van der Waals surface area contributed by atoms with Gasteiger partial charge in [0.05, 0.1) is 0 Å². The molecule has 7 nitrogen and oxygen atoms in total. The maximum atomic E-state index is 12.9. The number of aliphatic carboxylic acids is 1. The number of aromatic nitrogens is 2. The molecule has 1 amide bonds. The maximum Gasteiger partial charge on any atom is 0.326 e. The van der Waals surface area contributed by atoms with E-state index in [1.807, 2.05) is 30.5 Å². The molecule has 0 bridgehead atoms. The standard InChI is InChI=1S/C27H34N4O3/c1-4-18(3)23(27(33)34)30-26(32)20-13-14-31-22(16-20)29-24(19-10-8-9-17(2)15-19)25(31)28-21-11-6-5-7-12-21/h8-10,13-16,18,21,23,28H,4-7,11-12H2,1-3H3,(H,30,32)(H,33,34). The SMILES string of the molecule is CCC(C)C(NC(=O)c1ccn2c(NC3CCCCC3)c(-c3cccc(C)c3)nc2c1)C(=O)O. The number of nitrogens with zero attached hydrogens (tertiary/aromatic N) is 2. The molecule has 0 radical (unpaired) electrons. The third-order valence-electron chi connectivity index (χ3n) is 6.89. The van der Waals surface area contributed by atoms with Crippen molar-refractivity contribution in [2.45, 2.75) is 71.4 Å². The summed E-state index contributed by atoms with van der Waals surface area (Å²) in [4.78, 5) is 29.5. The van der Waals surface area contributed by atoms with Gasteiger partial charge in [-0.2, -0.15) is 0 Å². The van der Waals surface area contributed by atoms with Crippen LogP contribution in [-0.4, -0.2) is 38.5 Å². The maximum absolute atomic E-state index is 12.9. The Bertz CT molecular complexity index is 1180. The average molecular weight is 463 g/mol. The minimum absolute atomic E-state index is 0.171. The van der Waals surface area contributed by atoms with Crippen molar-refractivity contribution in [3.05, 3.63) is 53.7 Å². The number of amides is 1. The Morgan fingerprint density at radius 2 is 1.94 bits per heavy atom. The molecule has 34 heavy (non-hydrogen) atoms. The van der Waals surface area contributed by atoms with Crippen molar-refractivity contribution < 1.29 is 14.7 Å². The molecule has 1 aliphatic carbocycles. The fraction of sp³-hybridized carbons (Fsp3) is 0.444. The van der Waals surface area contributed by atoms with E-state index >= 15 is 0 Å². The van der Waals surface area contributed by atoms with Crippen LogP contribution in [0, 0.1) is 12.8 Å². The molecule has 0 aliphatic heterocycles. The summed E-state index contributed by atoms with van der Waals surface area (Å²) in [6.45, 7) is 5.80. The van der Waals surface area contributed by atoms with Crippen molar-refractivity contribution in [2.75, 3.05) is 5.32 Å². The summed E-state index contributed by atoms with van der Waals surface area (Å²) in [5.74, 6) is -0.666. The first kappa shape index (κ1) is 23.8. The topological polar surface area (TPSA) is 95.7 Å². The normalized spacial score (nSPS) is 16.2. The van der Waals surface area contributed by atoms with Crippen LogP contribution >= 0.6 is 0 Å². The molecule has 1 fully saturated rings. The zero-order valence-corrected chi connectivity index (χ0v) is 20.2. The molecule has 3 N–H and O–H groups in total. The molecule has 0 saturated heterocycles. The predicted molar refractivity (Wildman–Crippen MR) is 134 cm³/mol. The quantitative estimate of drug-likeness (QED) is 0.423. The number of hydrogen-bond acceptors (Lipinski definition) is 4. The average Bonchev–Trinajstić information content (AvgIpc) is 3.20. The number of carbonyl (C=O) groups excluding carboxylic acids is 1. The lowest BCUT2D eigenvalue weighted by atomic mass is 9.95. The minimum atomic E-state index is -1.02. The molecule has 2 atom stereocenters. The van der Waals surface area contributed by atoms with Crippen LogP contribution in [0.5, 0.6) is 0 Å². The first-order valence-corrected chi connectivity index (χ1v) is 12.3. The van der Waals surface area contributed by atoms with Crippen LogP contribution in [0.2, 0.25) is 0 Å². The first-order valence-electron chi connectivity index (χ1n) is 12.3. The fourth-order valence-electron chi connectivity index (χ4n) is 4.67. The molecule has 4 rings (SSSR count). The van der Waals surface area contributed by atoms with Gasteiger partial charge in [0.1, 0.15) is 23.2 Å². The van der Waals surface area contributed by atoms with E-state index in [-0.39, 0.29) is 5.92 Å². The Labute approximate surface area is 200 Å². The number of benzene rings is 1. The molecular weight excluding hydrogens is 428 g/mol. The van der Waals surface area contributed by atoms with Crippen LogP contribution in [0.4, 0.5) is 5.82 Å². The van der Waals surface area contributed by atoms with Crippen molar-refractivity contribution in [3.8, 4) is 11.3 Å². The van der Waals surface area contributed by atoms with Crippen molar-refractivity contribution in [3.63, 3.8) is 0 Å². The second kappa shape index (κ2) is 10.3. The molecular formula is C27H34N4O3. The number of rotatable bonds is 8. The van der Waals surface area contributed by atoms with Gasteiger partial charge in [-0.1, -0.05) is 63.3 Å². The van der Waals surface area contributed by atoms with Crippen LogP contribution in [0.1, 0.15) is 68.3 Å². The largest absolute Gasteiger partial charge is 0.480 e. The third-order valence-corrected chi connectivity index (χ3v) is 6.89. The lowest BCUT2D eigenvalue weighted by molar-refractivity contribution is -0.140. The van der Waals surface area contributed by atoms with Crippen molar-refractivity contribution in [1.82, 2.24) is 14.7 Å². The highest BCUT2D eigenvalue weighted by atomic mass is 16.4. The Balaban J connectivity index is 1.71. The van der Waals surface area contributed by atoms with Gasteiger partial charge < -0.3 is 15.7 Å². The molecule has 2 heterocycles. The molecule has 1 aliphatic rings. The lowest BCUT2D eigenvalue weighted by Crippen LogP contribution is -2.45. The van der Waals surface area contributed by atoms with Gasteiger partial charge in [0.2, 0.25) is 0 Å². The van der Waals surface area contributed by atoms with Crippen LogP contribution in [0.25, 0.3) is 16.9 Å². The minimum Gasteiger partial charge on any atom is -0.480 e. The van der Waals surface area contributed by atoms with Crippen molar-refractivity contribution in [2.24, 2.45) is 5.92 Å². The highest BCUT2D eigenvalue weighted by Crippen LogP contribution is 2.32. The number of aryl methyl sites for hydroxylation is 1. The second-order valence-corrected chi connectivity index (χ2v) is 9.48. The Morgan fingerprint density at radius 1 is 1.18 bits per heavy atom. The molecule has 180 valence electrons. The molecule has 1 aromatic carbocycles. The van der Waals surface area contributed by atoms with E-state index in [0.717, 1.165) is 35.5 Å². The van der Waals surface area contributed by atoms with E-state index < -0.39 is 17.9 Å². The number of anilines is 1. The Morgan fingerprint density at radius 3 is 2.62 bits per heavy atom. The summed E-state index contributed by atoms with van der Waals surface area (Å²) in [5.41, 5.74) is 4.08. The summed E-state index contributed by atoms with van der Waals surface area (Å²) in [7, 11) is 0. The van der Waals surface area contributed by atoms with E-state index in [1.54, 1.807) is 12.1 Å². The summed E-state index contributed by atoms with van der Waals surface area (Å²) < 4.78 is 1.99. The Kier molecular flexibility index (Phi) is 7.20. The number of carbonyl (C=O) groups is 2. The number of nitrogens with one attached hydrogen (secondary N) is 2. The van der Waals surface area contributed by atoms with Crippen molar-refractivity contribution in [1.29, 1.82) is 0 Å². The van der Waals surface area contributed by atoms with E-state index in [0.29, 0.717) is 23.7 Å². The number of carboxylic acids is 1. The lowest BCUT2D eigenvalue weighted by Gasteiger charge is -2.24. The Hall–Kier alpha value is -3.35. The zero-order valence-electron chi connectivity index (χ0n) is 20.2. The predicted octanol–water partition coefficient (Wildman–Crippen LogP) is 5.28. The van der Waals surface area contributed by atoms with Gasteiger partial charge in [-0.25, -0.2) is 9.78 Å². The van der Waals surface area contributed by atoms with Gasteiger partial charge in [0.25, 0.3) is 5.91 Å². The summed E-state index contributed by atoms with van der Waals surface area (Å²) in [6, 6.07) is 11.2. The molecule has 2 aromatic heterocycles. The van der Waals surface area contributed by atoms with Crippen LogP contribution in [0.15, 0.2) is 42.6 Å². The van der Waals surface area contributed by atoms with Gasteiger partial charge >= 0.3 is 5.97 Å². The number of fused-ring (bicyclic) bond motifs is 1. The van der Waals surface area contributed by atoms with Crippen molar-refractivity contribution >= 4 is 23.3 Å². The van der Waals surface area contributed by atoms with Crippen LogP contribution in [-0.2, 0) is 4.79 Å². The molecule has 3 aromatic rings. The highest BCUT2D eigenvalue weighted by molar-refractivity contribution is 5.97. The molecule has 0 spiro atoms. The van der Waals surface area contributed by atoms with E-state index in [9.17, 15) is 14.7 Å². The number of imidazole rings is 1. The van der Waals surface area contributed by atoms with Gasteiger partial charge in [0.15, 0.2) is 0 Å². The summed E-state index contributed by atoms with van der Waals surface area (Å²) in [6.07, 6.45) is 8.50. The molecule has 2 unspecified atom stereocenters. The number of pyridine rings is 1. The number of hydrogen-bond donors (Lipinski definition) is 3. The van der Waals surface area contributed by atoms with Gasteiger partial charge in [-0.15, -0.1) is 0 Å². The van der Waals surface area contributed by atoms with Crippen LogP contribution < -0.4 is 10.6 Å². The fourth-order valence-corrected chi connectivity index (χ4v) is 4.67. The third kappa shape index (κ3) is 5.08. The molecule has 1 saturated carbocycles. The van der Waals surface area contributed by atoms with E-state index in [4.69, 9.17) is 4.98 Å². The summed E-state index contributed by atoms with van der Waals surface area (Å²) in [5, 5.41) is 16.0. The van der Waals surface area contributed by atoms with Gasteiger partial charge in [0, 0.05) is 23.4 Å². The summed E-state index contributed by atoms with van der Waals surface area (Å²) >= 11 is 0. The van der Waals surface area contributed by atoms with E-state index in [2.05, 4.69) is 35.8 Å². The monoisotopic (exact) mass is 462 g/mol. The second-order valence-electron chi connectivity index (χ2n) is 9.48. The zero-order chi connectivity index (χ0) is 24.2. The smallest absolute Gasteiger partial charge is 0.326 e.